The molecule has 132 valence electrons. The predicted molar refractivity (Wildman–Crippen MR) is 101 cm³/mol. The number of aromatic amines is 1. The SMILES string of the molecule is CC(=O)c1c(C)[nH]c(C(=O)Nc2cc(Cl)ccc2N2CCCC2)c1C. The monoisotopic (exact) mass is 359 g/mol. The van der Waals surface area contributed by atoms with Crippen LogP contribution in [0.4, 0.5) is 11.4 Å². The van der Waals surface area contributed by atoms with Gasteiger partial charge in [0, 0.05) is 29.4 Å². The first-order valence-corrected chi connectivity index (χ1v) is 8.82. The molecule has 3 rings (SSSR count). The first kappa shape index (κ1) is 17.5. The quantitative estimate of drug-likeness (QED) is 0.798. The molecule has 6 heteroatoms. The molecule has 5 nitrogen and oxygen atoms in total. The van der Waals surface area contributed by atoms with Crippen LogP contribution in [0.25, 0.3) is 0 Å². The zero-order chi connectivity index (χ0) is 18.1. The molecular weight excluding hydrogens is 338 g/mol. The Morgan fingerprint density at radius 3 is 2.48 bits per heavy atom. The second-order valence-electron chi connectivity index (χ2n) is 6.49. The molecule has 1 fully saturated rings. The summed E-state index contributed by atoms with van der Waals surface area (Å²) >= 11 is 6.13. The fourth-order valence-electron chi connectivity index (χ4n) is 3.53. The Morgan fingerprint density at radius 2 is 1.88 bits per heavy atom. The maximum absolute atomic E-state index is 12.8. The van der Waals surface area contributed by atoms with Gasteiger partial charge in [0.15, 0.2) is 5.78 Å². The van der Waals surface area contributed by atoms with Crippen LogP contribution in [0, 0.1) is 13.8 Å². The molecule has 1 aromatic carbocycles. The van der Waals surface area contributed by atoms with E-state index in [9.17, 15) is 9.59 Å². The van der Waals surface area contributed by atoms with Crippen LogP contribution in [0.5, 0.6) is 0 Å². The summed E-state index contributed by atoms with van der Waals surface area (Å²) in [6, 6.07) is 5.55. The van der Waals surface area contributed by atoms with Crippen molar-refractivity contribution in [1.82, 2.24) is 4.98 Å². The number of anilines is 2. The van der Waals surface area contributed by atoms with Gasteiger partial charge in [-0.1, -0.05) is 11.6 Å². The van der Waals surface area contributed by atoms with Crippen molar-refractivity contribution in [3.63, 3.8) is 0 Å². The van der Waals surface area contributed by atoms with Crippen LogP contribution in [0.15, 0.2) is 18.2 Å². The lowest BCUT2D eigenvalue weighted by Crippen LogP contribution is -2.21. The summed E-state index contributed by atoms with van der Waals surface area (Å²) in [4.78, 5) is 29.9. The molecular formula is C19H22ClN3O2. The number of benzene rings is 1. The number of halogens is 1. The minimum Gasteiger partial charge on any atom is -0.370 e. The summed E-state index contributed by atoms with van der Waals surface area (Å²) < 4.78 is 0. The van der Waals surface area contributed by atoms with Gasteiger partial charge < -0.3 is 15.2 Å². The van der Waals surface area contributed by atoms with Crippen molar-refractivity contribution in [2.75, 3.05) is 23.3 Å². The lowest BCUT2D eigenvalue weighted by atomic mass is 10.1. The van der Waals surface area contributed by atoms with Crippen molar-refractivity contribution < 1.29 is 9.59 Å². The average molecular weight is 360 g/mol. The number of nitrogens with one attached hydrogen (secondary N) is 2. The van der Waals surface area contributed by atoms with Crippen molar-refractivity contribution >= 4 is 34.7 Å². The molecule has 0 aliphatic carbocycles. The van der Waals surface area contributed by atoms with E-state index in [2.05, 4.69) is 15.2 Å². The van der Waals surface area contributed by atoms with Crippen molar-refractivity contribution in [3.8, 4) is 0 Å². The number of rotatable bonds is 4. The molecule has 1 aromatic heterocycles. The van der Waals surface area contributed by atoms with E-state index in [4.69, 9.17) is 11.6 Å². The zero-order valence-corrected chi connectivity index (χ0v) is 15.5. The highest BCUT2D eigenvalue weighted by molar-refractivity contribution is 6.31. The van der Waals surface area contributed by atoms with Crippen LogP contribution in [0.1, 0.15) is 51.9 Å². The van der Waals surface area contributed by atoms with E-state index in [1.54, 1.807) is 19.9 Å². The van der Waals surface area contributed by atoms with E-state index in [1.165, 1.54) is 6.92 Å². The molecule has 2 heterocycles. The number of nitrogens with zero attached hydrogens (tertiary/aromatic N) is 1. The van der Waals surface area contributed by atoms with E-state index in [1.807, 2.05) is 12.1 Å². The van der Waals surface area contributed by atoms with Crippen LogP contribution in [-0.4, -0.2) is 29.8 Å². The molecule has 25 heavy (non-hydrogen) atoms. The van der Waals surface area contributed by atoms with Crippen LogP contribution in [0.3, 0.4) is 0 Å². The van der Waals surface area contributed by atoms with Crippen molar-refractivity contribution in [2.24, 2.45) is 0 Å². The van der Waals surface area contributed by atoms with Crippen LogP contribution >= 0.6 is 11.6 Å². The van der Waals surface area contributed by atoms with Gasteiger partial charge in [0.25, 0.3) is 5.91 Å². The summed E-state index contributed by atoms with van der Waals surface area (Å²) in [7, 11) is 0. The number of aromatic nitrogens is 1. The molecule has 0 spiro atoms. The van der Waals surface area contributed by atoms with Crippen molar-refractivity contribution in [1.29, 1.82) is 0 Å². The molecule has 0 unspecified atom stereocenters. The van der Waals surface area contributed by atoms with Crippen LogP contribution in [0.2, 0.25) is 5.02 Å². The molecule has 0 bridgehead atoms. The Bertz CT molecular complexity index is 835. The number of hydrogen-bond donors (Lipinski definition) is 2. The van der Waals surface area contributed by atoms with E-state index in [-0.39, 0.29) is 11.7 Å². The van der Waals surface area contributed by atoms with Crippen LogP contribution < -0.4 is 10.2 Å². The van der Waals surface area contributed by atoms with E-state index < -0.39 is 0 Å². The molecule has 2 aromatic rings. The number of amides is 1. The fourth-order valence-corrected chi connectivity index (χ4v) is 3.70. The molecule has 0 atom stereocenters. The summed E-state index contributed by atoms with van der Waals surface area (Å²) in [5.74, 6) is -0.318. The normalized spacial score (nSPS) is 14.0. The maximum Gasteiger partial charge on any atom is 0.272 e. The number of aryl methyl sites for hydroxylation is 1. The van der Waals surface area contributed by atoms with Gasteiger partial charge in [-0.05, 0) is 57.4 Å². The third-order valence-electron chi connectivity index (χ3n) is 4.67. The Hall–Kier alpha value is -2.27. The largest absolute Gasteiger partial charge is 0.370 e. The Kier molecular flexibility index (Phi) is 4.86. The smallest absolute Gasteiger partial charge is 0.272 e. The van der Waals surface area contributed by atoms with Gasteiger partial charge in [-0.15, -0.1) is 0 Å². The zero-order valence-electron chi connectivity index (χ0n) is 14.7. The molecule has 1 aliphatic heterocycles. The molecule has 1 aliphatic rings. The first-order valence-electron chi connectivity index (χ1n) is 8.44. The number of ketones is 1. The maximum atomic E-state index is 12.8. The number of Topliss-reactive ketones (excluding diaryl/α,β-unsaturated/α-hetero) is 1. The highest BCUT2D eigenvalue weighted by Crippen LogP contribution is 2.32. The molecule has 0 saturated carbocycles. The molecule has 1 saturated heterocycles. The molecule has 0 radical (unpaired) electrons. The third kappa shape index (κ3) is 3.42. The predicted octanol–water partition coefficient (Wildman–Crippen LogP) is 4.34. The van der Waals surface area contributed by atoms with Gasteiger partial charge in [0.1, 0.15) is 5.69 Å². The standard InChI is InChI=1S/C19H22ClN3O2/c1-11-17(13(3)24)12(2)21-18(11)19(25)22-15-10-14(20)6-7-16(15)23-8-4-5-9-23/h6-7,10,21H,4-5,8-9H2,1-3H3,(H,22,25). The van der Waals surface area contributed by atoms with E-state index in [0.29, 0.717) is 33.2 Å². The lowest BCUT2D eigenvalue weighted by molar-refractivity contribution is 0.101. The summed E-state index contributed by atoms with van der Waals surface area (Å²) in [6.07, 6.45) is 2.29. The third-order valence-corrected chi connectivity index (χ3v) is 4.91. The number of carbonyl (C=O) groups excluding carboxylic acids is 2. The van der Waals surface area contributed by atoms with Gasteiger partial charge in [-0.25, -0.2) is 0 Å². The van der Waals surface area contributed by atoms with Gasteiger partial charge in [-0.3, -0.25) is 9.59 Å². The highest BCUT2D eigenvalue weighted by atomic mass is 35.5. The Morgan fingerprint density at radius 1 is 1.20 bits per heavy atom. The van der Waals surface area contributed by atoms with Crippen molar-refractivity contribution in [2.45, 2.75) is 33.6 Å². The fraction of sp³-hybridized carbons (Fsp3) is 0.368. The number of H-pyrrole nitrogens is 1. The Balaban J connectivity index is 1.92. The molecule has 1 amide bonds. The average Bonchev–Trinajstić information content (AvgIpc) is 3.15. The second-order valence-corrected chi connectivity index (χ2v) is 6.93. The van der Waals surface area contributed by atoms with Crippen molar-refractivity contribution in [3.05, 3.63) is 45.7 Å². The lowest BCUT2D eigenvalue weighted by Gasteiger charge is -2.21. The second kappa shape index (κ2) is 6.92. The first-order chi connectivity index (χ1) is 11.9. The summed E-state index contributed by atoms with van der Waals surface area (Å²) in [5, 5.41) is 3.53. The summed E-state index contributed by atoms with van der Waals surface area (Å²) in [6.45, 7) is 7.04. The van der Waals surface area contributed by atoms with Gasteiger partial charge in [0.05, 0.1) is 11.4 Å². The Labute approximate surface area is 152 Å². The summed E-state index contributed by atoms with van der Waals surface area (Å²) in [5.41, 5.74) is 4.04. The van der Waals surface area contributed by atoms with Gasteiger partial charge in [0.2, 0.25) is 0 Å². The topological polar surface area (TPSA) is 65.2 Å². The molecule has 2 N–H and O–H groups in total. The van der Waals surface area contributed by atoms with Gasteiger partial charge >= 0.3 is 0 Å². The van der Waals surface area contributed by atoms with Gasteiger partial charge in [-0.2, -0.15) is 0 Å². The highest BCUT2D eigenvalue weighted by Gasteiger charge is 2.22. The van der Waals surface area contributed by atoms with E-state index in [0.717, 1.165) is 31.6 Å². The minimum atomic E-state index is -0.268. The number of carbonyl (C=O) groups is 2. The van der Waals surface area contributed by atoms with Crippen LogP contribution in [-0.2, 0) is 0 Å². The number of hydrogen-bond acceptors (Lipinski definition) is 3. The van der Waals surface area contributed by atoms with E-state index >= 15 is 0 Å². The minimum absolute atomic E-state index is 0.0502.